The lowest BCUT2D eigenvalue weighted by molar-refractivity contribution is 0.0943. The molecule has 0 radical (unpaired) electrons. The highest BCUT2D eigenvalue weighted by molar-refractivity contribution is 7.21. The Kier molecular flexibility index (Phi) is 3.94. The molecule has 1 heterocycles. The van der Waals surface area contributed by atoms with Crippen molar-refractivity contribution in [3.8, 4) is 0 Å². The highest BCUT2D eigenvalue weighted by Gasteiger charge is 2.17. The minimum atomic E-state index is -0.295. The summed E-state index contributed by atoms with van der Waals surface area (Å²) >= 11 is 1.49. The normalized spacial score (nSPS) is 12.3. The first-order valence-electron chi connectivity index (χ1n) is 7.10. The number of amides is 1. The van der Waals surface area contributed by atoms with Gasteiger partial charge in [-0.15, -0.1) is 11.3 Å². The van der Waals surface area contributed by atoms with Crippen molar-refractivity contribution in [3.63, 3.8) is 0 Å². The SMILES string of the molecule is Cc1c(C(=O)NC(C)c2cccc(F)c2)sc2ccccc12. The summed E-state index contributed by atoms with van der Waals surface area (Å²) in [6.45, 7) is 3.82. The first kappa shape index (κ1) is 14.7. The van der Waals surface area contributed by atoms with Crippen LogP contribution in [-0.2, 0) is 0 Å². The molecule has 2 nitrogen and oxygen atoms in total. The van der Waals surface area contributed by atoms with E-state index in [0.29, 0.717) is 4.88 Å². The molecule has 3 aromatic rings. The Morgan fingerprint density at radius 1 is 1.18 bits per heavy atom. The average Bonchev–Trinajstić information content (AvgIpc) is 2.85. The van der Waals surface area contributed by atoms with Gasteiger partial charge in [0.1, 0.15) is 5.82 Å². The summed E-state index contributed by atoms with van der Waals surface area (Å²) < 4.78 is 14.4. The Morgan fingerprint density at radius 2 is 1.95 bits per heavy atom. The maximum atomic E-state index is 13.3. The van der Waals surface area contributed by atoms with Crippen molar-refractivity contribution in [1.29, 1.82) is 0 Å². The fourth-order valence-corrected chi connectivity index (χ4v) is 3.62. The zero-order chi connectivity index (χ0) is 15.7. The van der Waals surface area contributed by atoms with Crippen LogP contribution in [-0.4, -0.2) is 5.91 Å². The van der Waals surface area contributed by atoms with E-state index in [9.17, 15) is 9.18 Å². The summed E-state index contributed by atoms with van der Waals surface area (Å²) in [5.41, 5.74) is 1.75. The highest BCUT2D eigenvalue weighted by Crippen LogP contribution is 2.30. The Morgan fingerprint density at radius 3 is 2.68 bits per heavy atom. The van der Waals surface area contributed by atoms with Crippen LogP contribution < -0.4 is 5.32 Å². The lowest BCUT2D eigenvalue weighted by Gasteiger charge is -2.14. The molecule has 1 atom stereocenters. The largest absolute Gasteiger partial charge is 0.345 e. The van der Waals surface area contributed by atoms with Crippen molar-refractivity contribution in [3.05, 3.63) is 70.4 Å². The van der Waals surface area contributed by atoms with Gasteiger partial charge >= 0.3 is 0 Å². The quantitative estimate of drug-likeness (QED) is 0.736. The van der Waals surface area contributed by atoms with Crippen LogP contribution in [0.5, 0.6) is 0 Å². The second-order valence-electron chi connectivity index (χ2n) is 5.30. The van der Waals surface area contributed by atoms with Gasteiger partial charge in [-0.1, -0.05) is 30.3 Å². The molecule has 0 saturated carbocycles. The molecular weight excluding hydrogens is 297 g/mol. The number of aryl methyl sites for hydroxylation is 1. The van der Waals surface area contributed by atoms with E-state index in [1.54, 1.807) is 6.07 Å². The molecule has 1 N–H and O–H groups in total. The molecule has 1 aromatic heterocycles. The van der Waals surface area contributed by atoms with Crippen LogP contribution in [0.25, 0.3) is 10.1 Å². The third-order valence-electron chi connectivity index (χ3n) is 3.75. The van der Waals surface area contributed by atoms with E-state index >= 15 is 0 Å². The number of carbonyl (C=O) groups excluding carboxylic acids is 1. The maximum Gasteiger partial charge on any atom is 0.262 e. The predicted octanol–water partition coefficient (Wildman–Crippen LogP) is 4.84. The number of fused-ring (bicyclic) bond motifs is 1. The second-order valence-corrected chi connectivity index (χ2v) is 6.35. The molecule has 1 unspecified atom stereocenters. The van der Waals surface area contributed by atoms with Crippen LogP contribution in [0.4, 0.5) is 4.39 Å². The van der Waals surface area contributed by atoms with Gasteiger partial charge < -0.3 is 5.32 Å². The molecule has 0 saturated heterocycles. The van der Waals surface area contributed by atoms with Gasteiger partial charge in [0, 0.05) is 4.70 Å². The highest BCUT2D eigenvalue weighted by atomic mass is 32.1. The maximum absolute atomic E-state index is 13.3. The van der Waals surface area contributed by atoms with E-state index in [1.165, 1.54) is 23.5 Å². The third-order valence-corrected chi connectivity index (χ3v) is 5.02. The molecule has 0 aliphatic heterocycles. The lowest BCUT2D eigenvalue weighted by atomic mass is 10.1. The topological polar surface area (TPSA) is 29.1 Å². The fourth-order valence-electron chi connectivity index (χ4n) is 2.51. The van der Waals surface area contributed by atoms with Crippen LogP contribution in [0.1, 0.15) is 33.8 Å². The number of halogens is 1. The molecule has 0 spiro atoms. The van der Waals surface area contributed by atoms with Gasteiger partial charge in [-0.2, -0.15) is 0 Å². The number of hydrogen-bond donors (Lipinski definition) is 1. The van der Waals surface area contributed by atoms with E-state index in [2.05, 4.69) is 5.32 Å². The number of benzene rings is 2. The first-order chi connectivity index (χ1) is 10.6. The van der Waals surface area contributed by atoms with Crippen molar-refractivity contribution in [2.45, 2.75) is 19.9 Å². The Hall–Kier alpha value is -2.20. The van der Waals surface area contributed by atoms with E-state index in [0.717, 1.165) is 21.2 Å². The summed E-state index contributed by atoms with van der Waals surface area (Å²) in [4.78, 5) is 13.2. The average molecular weight is 313 g/mol. The molecule has 112 valence electrons. The van der Waals surface area contributed by atoms with Crippen LogP contribution in [0.15, 0.2) is 48.5 Å². The standard InChI is InChI=1S/C18H16FNOS/c1-11-15-8-3-4-9-16(15)22-17(11)18(21)20-12(2)13-6-5-7-14(19)10-13/h3-10,12H,1-2H3,(H,20,21). The summed E-state index contributed by atoms with van der Waals surface area (Å²) in [7, 11) is 0. The van der Waals surface area contributed by atoms with Crippen LogP contribution in [0, 0.1) is 12.7 Å². The van der Waals surface area contributed by atoms with E-state index < -0.39 is 0 Å². The molecular formula is C18H16FNOS. The summed E-state index contributed by atoms with van der Waals surface area (Å²) in [5, 5.41) is 4.05. The minimum Gasteiger partial charge on any atom is -0.345 e. The molecule has 0 aliphatic rings. The predicted molar refractivity (Wildman–Crippen MR) is 88.8 cm³/mol. The Bertz CT molecular complexity index is 840. The number of hydrogen-bond acceptors (Lipinski definition) is 2. The molecule has 4 heteroatoms. The zero-order valence-corrected chi connectivity index (χ0v) is 13.2. The molecule has 0 fully saturated rings. The first-order valence-corrected chi connectivity index (χ1v) is 7.92. The second kappa shape index (κ2) is 5.89. The number of thiophene rings is 1. The molecule has 22 heavy (non-hydrogen) atoms. The molecule has 0 aliphatic carbocycles. The van der Waals surface area contributed by atoms with Gasteiger partial charge in [0.2, 0.25) is 0 Å². The van der Waals surface area contributed by atoms with Crippen molar-refractivity contribution < 1.29 is 9.18 Å². The number of carbonyl (C=O) groups is 1. The fraction of sp³-hybridized carbons (Fsp3) is 0.167. The van der Waals surface area contributed by atoms with Gasteiger partial charge in [-0.05, 0) is 48.6 Å². The van der Waals surface area contributed by atoms with Crippen molar-refractivity contribution in [2.75, 3.05) is 0 Å². The van der Waals surface area contributed by atoms with Crippen LogP contribution in [0.2, 0.25) is 0 Å². The summed E-state index contributed by atoms with van der Waals surface area (Å²) in [6.07, 6.45) is 0. The van der Waals surface area contributed by atoms with Crippen LogP contribution in [0.3, 0.4) is 0 Å². The molecule has 3 rings (SSSR count). The van der Waals surface area contributed by atoms with Gasteiger partial charge in [0.05, 0.1) is 10.9 Å². The Labute approximate surface area is 132 Å². The number of rotatable bonds is 3. The van der Waals surface area contributed by atoms with Crippen molar-refractivity contribution in [1.82, 2.24) is 5.32 Å². The number of nitrogens with one attached hydrogen (secondary N) is 1. The third kappa shape index (κ3) is 2.74. The van der Waals surface area contributed by atoms with Crippen molar-refractivity contribution in [2.24, 2.45) is 0 Å². The van der Waals surface area contributed by atoms with Gasteiger partial charge in [0.25, 0.3) is 5.91 Å². The van der Waals surface area contributed by atoms with E-state index in [-0.39, 0.29) is 17.8 Å². The zero-order valence-electron chi connectivity index (χ0n) is 12.4. The monoisotopic (exact) mass is 313 g/mol. The van der Waals surface area contributed by atoms with E-state index in [1.807, 2.05) is 44.2 Å². The molecule has 2 aromatic carbocycles. The van der Waals surface area contributed by atoms with Gasteiger partial charge in [0.15, 0.2) is 0 Å². The summed E-state index contributed by atoms with van der Waals surface area (Å²) in [6, 6.07) is 14.0. The molecule has 1 amide bonds. The Balaban J connectivity index is 1.85. The van der Waals surface area contributed by atoms with Crippen molar-refractivity contribution >= 4 is 27.3 Å². The lowest BCUT2D eigenvalue weighted by Crippen LogP contribution is -2.26. The minimum absolute atomic E-state index is 0.115. The van der Waals surface area contributed by atoms with Crippen LogP contribution >= 0.6 is 11.3 Å². The summed E-state index contributed by atoms with van der Waals surface area (Å²) in [5.74, 6) is -0.410. The van der Waals surface area contributed by atoms with Gasteiger partial charge in [-0.25, -0.2) is 4.39 Å². The molecule has 0 bridgehead atoms. The van der Waals surface area contributed by atoms with Gasteiger partial charge in [-0.3, -0.25) is 4.79 Å². The van der Waals surface area contributed by atoms with E-state index in [4.69, 9.17) is 0 Å². The smallest absolute Gasteiger partial charge is 0.262 e.